The second-order valence-corrected chi connectivity index (χ2v) is 6.56. The SMILES string of the molecule is Cc1cc(NC2CCN(Cc3noc(C4CC4)n3)CC2)ncn1. The van der Waals surface area contributed by atoms with Gasteiger partial charge in [0.25, 0.3) is 0 Å². The Labute approximate surface area is 135 Å². The Morgan fingerprint density at radius 3 is 2.78 bits per heavy atom. The Balaban J connectivity index is 1.26. The van der Waals surface area contributed by atoms with Gasteiger partial charge in [-0.1, -0.05) is 5.16 Å². The van der Waals surface area contributed by atoms with Crippen LogP contribution in [0.1, 0.15) is 49.0 Å². The second kappa shape index (κ2) is 6.23. The van der Waals surface area contributed by atoms with Crippen LogP contribution in [0.25, 0.3) is 0 Å². The molecule has 0 unspecified atom stereocenters. The molecule has 1 N–H and O–H groups in total. The van der Waals surface area contributed by atoms with Crippen molar-refractivity contribution in [2.75, 3.05) is 18.4 Å². The fourth-order valence-electron chi connectivity index (χ4n) is 3.01. The third-order valence-electron chi connectivity index (χ3n) is 4.52. The number of hydrogen-bond acceptors (Lipinski definition) is 7. The maximum Gasteiger partial charge on any atom is 0.229 e. The third kappa shape index (κ3) is 3.67. The smallest absolute Gasteiger partial charge is 0.229 e. The second-order valence-electron chi connectivity index (χ2n) is 6.56. The monoisotopic (exact) mass is 314 g/mol. The van der Waals surface area contributed by atoms with E-state index in [1.807, 2.05) is 13.0 Å². The van der Waals surface area contributed by atoms with E-state index in [4.69, 9.17) is 4.52 Å². The minimum Gasteiger partial charge on any atom is -0.367 e. The molecule has 4 rings (SSSR count). The molecule has 7 nitrogen and oxygen atoms in total. The molecule has 0 aromatic carbocycles. The number of rotatable bonds is 5. The molecule has 2 aromatic heterocycles. The van der Waals surface area contributed by atoms with E-state index in [9.17, 15) is 0 Å². The van der Waals surface area contributed by atoms with Crippen LogP contribution in [0.5, 0.6) is 0 Å². The lowest BCUT2D eigenvalue weighted by Gasteiger charge is -2.31. The number of likely N-dealkylation sites (tertiary alicyclic amines) is 1. The first kappa shape index (κ1) is 14.6. The Morgan fingerprint density at radius 2 is 2.04 bits per heavy atom. The lowest BCUT2D eigenvalue weighted by atomic mass is 10.1. The molecule has 0 radical (unpaired) electrons. The summed E-state index contributed by atoms with van der Waals surface area (Å²) in [5.74, 6) is 3.10. The highest BCUT2D eigenvalue weighted by Crippen LogP contribution is 2.38. The molecule has 0 bridgehead atoms. The molecule has 2 fully saturated rings. The molecule has 1 aliphatic heterocycles. The van der Waals surface area contributed by atoms with Crippen LogP contribution < -0.4 is 5.32 Å². The molecule has 23 heavy (non-hydrogen) atoms. The van der Waals surface area contributed by atoms with E-state index in [0.717, 1.165) is 55.7 Å². The number of nitrogens with one attached hydrogen (secondary N) is 1. The van der Waals surface area contributed by atoms with Crippen LogP contribution in [0.3, 0.4) is 0 Å². The molecule has 0 amide bonds. The van der Waals surface area contributed by atoms with Crippen molar-refractivity contribution >= 4 is 5.82 Å². The zero-order valence-electron chi connectivity index (χ0n) is 13.4. The highest BCUT2D eigenvalue weighted by Gasteiger charge is 2.30. The maximum absolute atomic E-state index is 5.33. The highest BCUT2D eigenvalue weighted by molar-refractivity contribution is 5.35. The van der Waals surface area contributed by atoms with Crippen LogP contribution in [0.15, 0.2) is 16.9 Å². The molecular weight excluding hydrogens is 292 g/mol. The van der Waals surface area contributed by atoms with Gasteiger partial charge in [0.15, 0.2) is 5.82 Å². The van der Waals surface area contributed by atoms with Crippen molar-refractivity contribution in [1.82, 2.24) is 25.0 Å². The molecule has 122 valence electrons. The quantitative estimate of drug-likeness (QED) is 0.905. The standard InChI is InChI=1S/C16H22N6O/c1-11-8-14(18-10-17-11)19-13-4-6-22(7-5-13)9-15-20-16(23-21-15)12-2-3-12/h8,10,12-13H,2-7,9H2,1H3,(H,17,18,19). The number of nitrogens with zero attached hydrogens (tertiary/aromatic N) is 5. The van der Waals surface area contributed by atoms with Gasteiger partial charge in [-0.05, 0) is 32.6 Å². The van der Waals surface area contributed by atoms with E-state index in [1.54, 1.807) is 6.33 Å². The van der Waals surface area contributed by atoms with Crippen LogP contribution >= 0.6 is 0 Å². The maximum atomic E-state index is 5.33. The van der Waals surface area contributed by atoms with Crippen LogP contribution in [0.4, 0.5) is 5.82 Å². The summed E-state index contributed by atoms with van der Waals surface area (Å²) in [6, 6.07) is 2.46. The first-order valence-corrected chi connectivity index (χ1v) is 8.36. The first-order chi connectivity index (χ1) is 11.3. The summed E-state index contributed by atoms with van der Waals surface area (Å²) in [6.07, 6.45) is 6.19. The summed E-state index contributed by atoms with van der Waals surface area (Å²) in [5, 5.41) is 7.61. The topological polar surface area (TPSA) is 80.0 Å². The number of piperidine rings is 1. The van der Waals surface area contributed by atoms with E-state index < -0.39 is 0 Å². The Hall–Kier alpha value is -2.02. The van der Waals surface area contributed by atoms with E-state index in [1.165, 1.54) is 12.8 Å². The summed E-state index contributed by atoms with van der Waals surface area (Å²) < 4.78 is 5.33. The number of aromatic nitrogens is 4. The molecule has 1 aliphatic carbocycles. The lowest BCUT2D eigenvalue weighted by Crippen LogP contribution is -2.39. The van der Waals surface area contributed by atoms with Gasteiger partial charge in [-0.25, -0.2) is 9.97 Å². The van der Waals surface area contributed by atoms with Crippen LogP contribution in [0, 0.1) is 6.92 Å². The van der Waals surface area contributed by atoms with E-state index in [-0.39, 0.29) is 0 Å². The number of anilines is 1. The van der Waals surface area contributed by atoms with Gasteiger partial charge in [0, 0.05) is 36.8 Å². The van der Waals surface area contributed by atoms with Crippen molar-refractivity contribution in [2.45, 2.75) is 51.1 Å². The lowest BCUT2D eigenvalue weighted by molar-refractivity contribution is 0.204. The minimum absolute atomic E-state index is 0.466. The van der Waals surface area contributed by atoms with E-state index in [2.05, 4.69) is 30.3 Å². The largest absolute Gasteiger partial charge is 0.367 e. The normalized spacial score (nSPS) is 19.9. The van der Waals surface area contributed by atoms with Gasteiger partial charge in [-0.2, -0.15) is 4.98 Å². The van der Waals surface area contributed by atoms with Crippen molar-refractivity contribution < 1.29 is 4.52 Å². The predicted octanol–water partition coefficient (Wildman–Crippen LogP) is 2.12. The molecule has 2 aromatic rings. The predicted molar refractivity (Wildman–Crippen MR) is 85.0 cm³/mol. The molecule has 1 saturated heterocycles. The van der Waals surface area contributed by atoms with Crippen molar-refractivity contribution in [3.05, 3.63) is 29.8 Å². The van der Waals surface area contributed by atoms with E-state index >= 15 is 0 Å². The third-order valence-corrected chi connectivity index (χ3v) is 4.52. The molecule has 7 heteroatoms. The van der Waals surface area contributed by atoms with Crippen LogP contribution in [-0.4, -0.2) is 44.1 Å². The summed E-state index contributed by atoms with van der Waals surface area (Å²) in [6.45, 7) is 4.84. The average molecular weight is 314 g/mol. The summed E-state index contributed by atoms with van der Waals surface area (Å²) in [5.41, 5.74) is 0.989. The van der Waals surface area contributed by atoms with Gasteiger partial charge in [-0.15, -0.1) is 0 Å². The number of aryl methyl sites for hydroxylation is 1. The van der Waals surface area contributed by atoms with Crippen molar-refractivity contribution in [1.29, 1.82) is 0 Å². The molecule has 2 aliphatic rings. The van der Waals surface area contributed by atoms with E-state index in [0.29, 0.717) is 12.0 Å². The minimum atomic E-state index is 0.466. The summed E-state index contributed by atoms with van der Waals surface area (Å²) in [7, 11) is 0. The average Bonchev–Trinajstić information content (AvgIpc) is 3.30. The zero-order chi connectivity index (χ0) is 15.6. The molecule has 0 atom stereocenters. The summed E-state index contributed by atoms with van der Waals surface area (Å²) >= 11 is 0. The molecular formula is C16H22N6O. The number of hydrogen-bond donors (Lipinski definition) is 1. The zero-order valence-corrected chi connectivity index (χ0v) is 13.4. The van der Waals surface area contributed by atoms with Crippen LogP contribution in [0.2, 0.25) is 0 Å². The fraction of sp³-hybridized carbons (Fsp3) is 0.625. The first-order valence-electron chi connectivity index (χ1n) is 8.36. The van der Waals surface area contributed by atoms with Gasteiger partial charge in [0.05, 0.1) is 6.54 Å². The van der Waals surface area contributed by atoms with Crippen molar-refractivity contribution in [3.8, 4) is 0 Å². The van der Waals surface area contributed by atoms with Gasteiger partial charge in [0.2, 0.25) is 5.89 Å². The van der Waals surface area contributed by atoms with Gasteiger partial charge in [-0.3, -0.25) is 4.90 Å². The highest BCUT2D eigenvalue weighted by atomic mass is 16.5. The molecule has 0 spiro atoms. The van der Waals surface area contributed by atoms with Gasteiger partial charge >= 0.3 is 0 Å². The summed E-state index contributed by atoms with van der Waals surface area (Å²) in [4.78, 5) is 15.3. The Kier molecular flexibility index (Phi) is 3.95. The van der Waals surface area contributed by atoms with Crippen molar-refractivity contribution in [3.63, 3.8) is 0 Å². The Morgan fingerprint density at radius 1 is 1.22 bits per heavy atom. The Bertz CT molecular complexity index is 660. The molecule has 3 heterocycles. The fourth-order valence-corrected chi connectivity index (χ4v) is 3.01. The van der Waals surface area contributed by atoms with Gasteiger partial charge < -0.3 is 9.84 Å². The molecule has 1 saturated carbocycles. The van der Waals surface area contributed by atoms with Gasteiger partial charge in [0.1, 0.15) is 12.1 Å². The van der Waals surface area contributed by atoms with Crippen molar-refractivity contribution in [2.24, 2.45) is 0 Å². The van der Waals surface area contributed by atoms with Crippen LogP contribution in [-0.2, 0) is 6.54 Å².